The number of halogens is 1. The largest absolute Gasteiger partial charge is 0.148 e. The van der Waals surface area contributed by atoms with E-state index in [1.165, 1.54) is 31.2 Å². The summed E-state index contributed by atoms with van der Waals surface area (Å²) >= 11 is 5.64. The zero-order chi connectivity index (χ0) is 9.31. The standard InChI is InChI=1S/C11H15BrS/c1-9-4-7-13-10(9)11(8-12)5-2-3-6-11/h4,7H,2-3,5-6,8H2,1H3. The molecule has 0 N–H and O–H groups in total. The van der Waals surface area contributed by atoms with E-state index in [2.05, 4.69) is 34.3 Å². The average molecular weight is 259 g/mol. The number of thiophene rings is 1. The molecular formula is C11H15BrS. The molecule has 0 nitrogen and oxygen atoms in total. The third kappa shape index (κ3) is 1.59. The molecule has 0 atom stereocenters. The summed E-state index contributed by atoms with van der Waals surface area (Å²) in [5.74, 6) is 0. The van der Waals surface area contributed by atoms with Gasteiger partial charge in [-0.2, -0.15) is 0 Å². The maximum atomic E-state index is 3.70. The normalized spacial score (nSPS) is 20.8. The third-order valence-electron chi connectivity index (χ3n) is 3.16. The highest BCUT2D eigenvalue weighted by atomic mass is 79.9. The molecule has 1 aromatic heterocycles. The second-order valence-electron chi connectivity index (χ2n) is 4.05. The van der Waals surface area contributed by atoms with Crippen molar-refractivity contribution in [1.29, 1.82) is 0 Å². The molecule has 0 saturated heterocycles. The molecule has 72 valence electrons. The van der Waals surface area contributed by atoms with Crippen LogP contribution in [0.15, 0.2) is 11.4 Å². The van der Waals surface area contributed by atoms with E-state index in [-0.39, 0.29) is 0 Å². The van der Waals surface area contributed by atoms with E-state index in [9.17, 15) is 0 Å². The zero-order valence-electron chi connectivity index (χ0n) is 7.98. The minimum Gasteiger partial charge on any atom is -0.148 e. The van der Waals surface area contributed by atoms with E-state index in [0.29, 0.717) is 5.41 Å². The SMILES string of the molecule is Cc1ccsc1C1(CBr)CCCC1. The van der Waals surface area contributed by atoms with Crippen molar-refractivity contribution >= 4 is 27.3 Å². The average Bonchev–Trinajstić information content (AvgIpc) is 2.73. The molecule has 1 saturated carbocycles. The Kier molecular flexibility index (Phi) is 2.80. The van der Waals surface area contributed by atoms with Gasteiger partial charge in [0.2, 0.25) is 0 Å². The van der Waals surface area contributed by atoms with Gasteiger partial charge < -0.3 is 0 Å². The van der Waals surface area contributed by atoms with Gasteiger partial charge in [-0.1, -0.05) is 28.8 Å². The van der Waals surface area contributed by atoms with E-state index in [4.69, 9.17) is 0 Å². The molecule has 2 rings (SSSR count). The third-order valence-corrected chi connectivity index (χ3v) is 5.50. The Balaban J connectivity index is 2.36. The van der Waals surface area contributed by atoms with E-state index < -0.39 is 0 Å². The molecule has 13 heavy (non-hydrogen) atoms. The van der Waals surface area contributed by atoms with E-state index in [1.807, 2.05) is 11.3 Å². The first kappa shape index (κ1) is 9.72. The van der Waals surface area contributed by atoms with Gasteiger partial charge in [-0.05, 0) is 36.8 Å². The number of hydrogen-bond acceptors (Lipinski definition) is 1. The molecule has 0 unspecified atom stereocenters. The van der Waals surface area contributed by atoms with Gasteiger partial charge in [0, 0.05) is 15.6 Å². The van der Waals surface area contributed by atoms with Gasteiger partial charge in [0.25, 0.3) is 0 Å². The molecule has 0 radical (unpaired) electrons. The van der Waals surface area contributed by atoms with Crippen LogP contribution in [-0.4, -0.2) is 5.33 Å². The van der Waals surface area contributed by atoms with Gasteiger partial charge in [0.15, 0.2) is 0 Å². The summed E-state index contributed by atoms with van der Waals surface area (Å²) in [4.78, 5) is 1.63. The predicted octanol–water partition coefficient (Wildman–Crippen LogP) is 4.26. The van der Waals surface area contributed by atoms with Gasteiger partial charge in [0.05, 0.1) is 0 Å². The number of aryl methyl sites for hydroxylation is 1. The molecular weight excluding hydrogens is 244 g/mol. The van der Waals surface area contributed by atoms with E-state index in [1.54, 1.807) is 4.88 Å². The minimum absolute atomic E-state index is 0.484. The predicted molar refractivity (Wildman–Crippen MR) is 63.0 cm³/mol. The Bertz CT molecular complexity index is 284. The molecule has 1 aromatic rings. The van der Waals surface area contributed by atoms with Crippen molar-refractivity contribution in [2.45, 2.75) is 38.0 Å². The summed E-state index contributed by atoms with van der Waals surface area (Å²) in [5, 5.41) is 3.37. The van der Waals surface area contributed by atoms with Crippen molar-refractivity contribution in [2.75, 3.05) is 5.33 Å². The first-order valence-electron chi connectivity index (χ1n) is 4.89. The smallest absolute Gasteiger partial charge is 0.0146 e. The van der Waals surface area contributed by atoms with Gasteiger partial charge in [-0.3, -0.25) is 0 Å². The molecule has 2 heteroatoms. The van der Waals surface area contributed by atoms with Crippen LogP contribution in [0.25, 0.3) is 0 Å². The summed E-state index contributed by atoms with van der Waals surface area (Å²) in [6.45, 7) is 2.24. The van der Waals surface area contributed by atoms with Crippen molar-refractivity contribution in [2.24, 2.45) is 0 Å². The fourth-order valence-corrected chi connectivity index (χ4v) is 4.60. The lowest BCUT2D eigenvalue weighted by molar-refractivity contribution is 0.513. The summed E-state index contributed by atoms with van der Waals surface area (Å²) in [5.41, 5.74) is 1.98. The molecule has 1 fully saturated rings. The van der Waals surface area contributed by atoms with Crippen LogP contribution in [0, 0.1) is 6.92 Å². The molecule has 0 aromatic carbocycles. The monoisotopic (exact) mass is 258 g/mol. The molecule has 1 heterocycles. The Morgan fingerprint density at radius 2 is 2.15 bits per heavy atom. The van der Waals surface area contributed by atoms with E-state index in [0.717, 1.165) is 5.33 Å². The van der Waals surface area contributed by atoms with Crippen molar-refractivity contribution in [3.05, 3.63) is 21.9 Å². The lowest BCUT2D eigenvalue weighted by atomic mass is 9.85. The lowest BCUT2D eigenvalue weighted by Gasteiger charge is -2.26. The summed E-state index contributed by atoms with van der Waals surface area (Å²) in [6.07, 6.45) is 5.56. The van der Waals surface area contributed by atoms with Crippen molar-refractivity contribution < 1.29 is 0 Å². The Labute approximate surface area is 92.5 Å². The van der Waals surface area contributed by atoms with E-state index >= 15 is 0 Å². The Morgan fingerprint density at radius 1 is 1.46 bits per heavy atom. The summed E-state index contributed by atoms with van der Waals surface area (Å²) in [7, 11) is 0. The van der Waals surface area contributed by atoms with Crippen LogP contribution in [0.1, 0.15) is 36.1 Å². The highest BCUT2D eigenvalue weighted by Gasteiger charge is 2.36. The molecule has 0 amide bonds. The molecule has 1 aliphatic carbocycles. The quantitative estimate of drug-likeness (QED) is 0.696. The van der Waals surface area contributed by atoms with Gasteiger partial charge >= 0.3 is 0 Å². The highest BCUT2D eigenvalue weighted by molar-refractivity contribution is 9.09. The number of alkyl halides is 1. The molecule has 0 aliphatic heterocycles. The van der Waals surface area contributed by atoms with Crippen LogP contribution >= 0.6 is 27.3 Å². The fraction of sp³-hybridized carbons (Fsp3) is 0.636. The van der Waals surface area contributed by atoms with Crippen LogP contribution in [0.5, 0.6) is 0 Å². The van der Waals surface area contributed by atoms with Crippen LogP contribution in [0.3, 0.4) is 0 Å². The number of hydrogen-bond donors (Lipinski definition) is 0. The Morgan fingerprint density at radius 3 is 2.62 bits per heavy atom. The molecule has 1 aliphatic rings. The van der Waals surface area contributed by atoms with Crippen molar-refractivity contribution in [3.8, 4) is 0 Å². The van der Waals surface area contributed by atoms with Gasteiger partial charge in [-0.25, -0.2) is 0 Å². The van der Waals surface area contributed by atoms with Crippen LogP contribution in [-0.2, 0) is 5.41 Å². The maximum Gasteiger partial charge on any atom is 0.0146 e. The first-order chi connectivity index (χ1) is 6.28. The zero-order valence-corrected chi connectivity index (χ0v) is 10.4. The van der Waals surface area contributed by atoms with Crippen LogP contribution in [0.2, 0.25) is 0 Å². The minimum atomic E-state index is 0.484. The topological polar surface area (TPSA) is 0 Å². The summed E-state index contributed by atoms with van der Waals surface area (Å²) in [6, 6.07) is 2.25. The van der Waals surface area contributed by atoms with Crippen LogP contribution < -0.4 is 0 Å². The second kappa shape index (κ2) is 3.74. The molecule has 0 spiro atoms. The molecule has 0 bridgehead atoms. The van der Waals surface area contributed by atoms with Gasteiger partial charge in [-0.15, -0.1) is 11.3 Å². The van der Waals surface area contributed by atoms with Crippen molar-refractivity contribution in [1.82, 2.24) is 0 Å². The maximum absolute atomic E-state index is 3.70. The summed E-state index contributed by atoms with van der Waals surface area (Å²) < 4.78 is 0. The van der Waals surface area contributed by atoms with Crippen molar-refractivity contribution in [3.63, 3.8) is 0 Å². The first-order valence-corrected chi connectivity index (χ1v) is 6.89. The van der Waals surface area contributed by atoms with Crippen LogP contribution in [0.4, 0.5) is 0 Å². The highest BCUT2D eigenvalue weighted by Crippen LogP contribution is 2.45. The lowest BCUT2D eigenvalue weighted by Crippen LogP contribution is -2.23. The van der Waals surface area contributed by atoms with Gasteiger partial charge in [0.1, 0.15) is 0 Å². The number of rotatable bonds is 2. The fourth-order valence-electron chi connectivity index (χ4n) is 2.39. The Hall–Kier alpha value is 0.180. The second-order valence-corrected chi connectivity index (χ2v) is 5.53.